The highest BCUT2D eigenvalue weighted by molar-refractivity contribution is 6.32. The van der Waals surface area contributed by atoms with Gasteiger partial charge in [0.2, 0.25) is 5.88 Å². The van der Waals surface area contributed by atoms with Crippen LogP contribution in [0.5, 0.6) is 5.88 Å². The SMILES string of the molecule is N#Cc1ccnc(O[C@H]2CCCNC2)c1Cl. The predicted octanol–water partition coefficient (Wildman–Crippen LogP) is 1.74. The van der Waals surface area contributed by atoms with Crippen LogP contribution >= 0.6 is 11.6 Å². The highest BCUT2D eigenvalue weighted by Gasteiger charge is 2.17. The molecule has 1 aromatic heterocycles. The summed E-state index contributed by atoms with van der Waals surface area (Å²) in [5, 5.41) is 12.4. The summed E-state index contributed by atoms with van der Waals surface area (Å²) >= 11 is 6.00. The first-order valence-corrected chi connectivity index (χ1v) is 5.61. The highest BCUT2D eigenvalue weighted by Crippen LogP contribution is 2.26. The number of nitrogens with one attached hydrogen (secondary N) is 1. The fourth-order valence-electron chi connectivity index (χ4n) is 1.67. The average molecular weight is 238 g/mol. The van der Waals surface area contributed by atoms with Crippen LogP contribution in [0.1, 0.15) is 18.4 Å². The molecule has 0 saturated carbocycles. The van der Waals surface area contributed by atoms with Crippen molar-refractivity contribution in [1.29, 1.82) is 5.26 Å². The average Bonchev–Trinajstić information content (AvgIpc) is 2.33. The highest BCUT2D eigenvalue weighted by atomic mass is 35.5. The lowest BCUT2D eigenvalue weighted by Crippen LogP contribution is -2.37. The Kier molecular flexibility index (Phi) is 3.60. The van der Waals surface area contributed by atoms with Crippen molar-refractivity contribution in [3.05, 3.63) is 22.8 Å². The van der Waals surface area contributed by atoms with E-state index < -0.39 is 0 Å². The number of piperidine rings is 1. The number of nitriles is 1. The van der Waals surface area contributed by atoms with Crippen molar-refractivity contribution in [1.82, 2.24) is 10.3 Å². The molecule has 5 heteroatoms. The fourth-order valence-corrected chi connectivity index (χ4v) is 1.87. The molecule has 1 N–H and O–H groups in total. The normalized spacial score (nSPS) is 20.1. The Labute approximate surface area is 99.2 Å². The summed E-state index contributed by atoms with van der Waals surface area (Å²) in [6.45, 7) is 1.83. The largest absolute Gasteiger partial charge is 0.472 e. The van der Waals surface area contributed by atoms with Gasteiger partial charge in [-0.25, -0.2) is 4.98 Å². The zero-order chi connectivity index (χ0) is 11.4. The van der Waals surface area contributed by atoms with Crippen LogP contribution in [-0.2, 0) is 0 Å². The lowest BCUT2D eigenvalue weighted by Gasteiger charge is -2.23. The van der Waals surface area contributed by atoms with Crippen LogP contribution in [0.2, 0.25) is 5.02 Å². The molecule has 0 aliphatic carbocycles. The van der Waals surface area contributed by atoms with Crippen LogP contribution in [0.25, 0.3) is 0 Å². The monoisotopic (exact) mass is 237 g/mol. The summed E-state index contributed by atoms with van der Waals surface area (Å²) in [4.78, 5) is 4.05. The number of ether oxygens (including phenoxy) is 1. The van der Waals surface area contributed by atoms with Gasteiger partial charge in [0, 0.05) is 12.7 Å². The smallest absolute Gasteiger partial charge is 0.234 e. The molecule has 0 radical (unpaired) electrons. The van der Waals surface area contributed by atoms with Gasteiger partial charge in [0.05, 0.1) is 5.56 Å². The fraction of sp³-hybridized carbons (Fsp3) is 0.455. The van der Waals surface area contributed by atoms with Gasteiger partial charge in [-0.05, 0) is 25.5 Å². The molecule has 0 spiro atoms. The second-order valence-electron chi connectivity index (χ2n) is 3.68. The molecule has 0 amide bonds. The Morgan fingerprint density at radius 2 is 2.50 bits per heavy atom. The van der Waals surface area contributed by atoms with E-state index in [1.807, 2.05) is 6.07 Å². The summed E-state index contributed by atoms with van der Waals surface area (Å²) in [7, 11) is 0. The van der Waals surface area contributed by atoms with Gasteiger partial charge in [-0.1, -0.05) is 11.6 Å². The van der Waals surface area contributed by atoms with Crippen LogP contribution in [0.4, 0.5) is 0 Å². The Morgan fingerprint density at radius 3 is 3.19 bits per heavy atom. The summed E-state index contributed by atoms with van der Waals surface area (Å²) in [6.07, 6.45) is 3.70. The van der Waals surface area contributed by atoms with Crippen LogP contribution in [0.15, 0.2) is 12.3 Å². The third-order valence-corrected chi connectivity index (χ3v) is 2.87. The van der Waals surface area contributed by atoms with E-state index in [4.69, 9.17) is 21.6 Å². The minimum absolute atomic E-state index is 0.0905. The van der Waals surface area contributed by atoms with Crippen molar-refractivity contribution in [3.63, 3.8) is 0 Å². The molecule has 16 heavy (non-hydrogen) atoms. The maximum absolute atomic E-state index is 8.82. The van der Waals surface area contributed by atoms with Gasteiger partial charge in [0.25, 0.3) is 0 Å². The molecule has 0 unspecified atom stereocenters. The molecular weight excluding hydrogens is 226 g/mol. The van der Waals surface area contributed by atoms with Crippen molar-refractivity contribution in [2.75, 3.05) is 13.1 Å². The molecular formula is C11H12ClN3O. The van der Waals surface area contributed by atoms with E-state index in [1.165, 1.54) is 6.20 Å². The molecule has 4 nitrogen and oxygen atoms in total. The molecule has 2 rings (SSSR count). The second kappa shape index (κ2) is 5.15. The summed E-state index contributed by atoms with van der Waals surface area (Å²) in [6, 6.07) is 3.58. The van der Waals surface area contributed by atoms with E-state index >= 15 is 0 Å². The zero-order valence-corrected chi connectivity index (χ0v) is 9.50. The predicted molar refractivity (Wildman–Crippen MR) is 60.5 cm³/mol. The molecule has 1 aromatic rings. The van der Waals surface area contributed by atoms with Crippen molar-refractivity contribution >= 4 is 11.6 Å². The van der Waals surface area contributed by atoms with Crippen LogP contribution in [0.3, 0.4) is 0 Å². The van der Waals surface area contributed by atoms with Gasteiger partial charge in [0.1, 0.15) is 17.2 Å². The molecule has 1 fully saturated rings. The van der Waals surface area contributed by atoms with Crippen molar-refractivity contribution < 1.29 is 4.74 Å². The lowest BCUT2D eigenvalue weighted by atomic mass is 10.1. The summed E-state index contributed by atoms with van der Waals surface area (Å²) < 4.78 is 5.67. The molecule has 84 valence electrons. The van der Waals surface area contributed by atoms with Gasteiger partial charge >= 0.3 is 0 Å². The zero-order valence-electron chi connectivity index (χ0n) is 8.74. The third kappa shape index (κ3) is 2.43. The molecule has 1 saturated heterocycles. The van der Waals surface area contributed by atoms with Crippen molar-refractivity contribution in [2.45, 2.75) is 18.9 Å². The molecule has 2 heterocycles. The van der Waals surface area contributed by atoms with E-state index in [9.17, 15) is 0 Å². The first-order chi connectivity index (χ1) is 7.81. The molecule has 1 aliphatic heterocycles. The maximum atomic E-state index is 8.82. The number of nitrogens with zero attached hydrogens (tertiary/aromatic N) is 2. The topological polar surface area (TPSA) is 57.9 Å². The Bertz CT molecular complexity index is 410. The number of halogens is 1. The van der Waals surface area contributed by atoms with Crippen LogP contribution in [0, 0.1) is 11.3 Å². The van der Waals surface area contributed by atoms with Gasteiger partial charge in [-0.3, -0.25) is 0 Å². The first-order valence-electron chi connectivity index (χ1n) is 5.23. The van der Waals surface area contributed by atoms with E-state index in [2.05, 4.69) is 10.3 Å². The summed E-state index contributed by atoms with van der Waals surface area (Å²) in [5.74, 6) is 0.356. The minimum atomic E-state index is 0.0905. The van der Waals surface area contributed by atoms with E-state index in [1.54, 1.807) is 6.07 Å². The van der Waals surface area contributed by atoms with Crippen molar-refractivity contribution in [2.24, 2.45) is 0 Å². The number of rotatable bonds is 2. The third-order valence-electron chi connectivity index (χ3n) is 2.51. The lowest BCUT2D eigenvalue weighted by molar-refractivity contribution is 0.160. The number of hydrogen-bond acceptors (Lipinski definition) is 4. The van der Waals surface area contributed by atoms with E-state index in [0.29, 0.717) is 16.5 Å². The molecule has 1 atom stereocenters. The number of pyridine rings is 1. The Balaban J connectivity index is 2.12. The Hall–Kier alpha value is -1.31. The molecule has 0 bridgehead atoms. The van der Waals surface area contributed by atoms with Crippen LogP contribution < -0.4 is 10.1 Å². The number of aromatic nitrogens is 1. The van der Waals surface area contributed by atoms with E-state index in [0.717, 1.165) is 25.9 Å². The first kappa shape index (κ1) is 11.2. The van der Waals surface area contributed by atoms with Gasteiger partial charge in [-0.15, -0.1) is 0 Å². The summed E-state index contributed by atoms with van der Waals surface area (Å²) in [5.41, 5.74) is 0.399. The van der Waals surface area contributed by atoms with Gasteiger partial charge < -0.3 is 10.1 Å². The minimum Gasteiger partial charge on any atom is -0.472 e. The standard InChI is InChI=1S/C11H12ClN3O/c12-10-8(6-13)3-5-15-11(10)16-9-2-1-4-14-7-9/h3,5,9,14H,1-2,4,7H2/t9-/m0/s1. The van der Waals surface area contributed by atoms with Crippen LogP contribution in [-0.4, -0.2) is 24.2 Å². The Morgan fingerprint density at radius 1 is 1.62 bits per heavy atom. The van der Waals surface area contributed by atoms with E-state index in [-0.39, 0.29) is 6.10 Å². The van der Waals surface area contributed by atoms with Crippen molar-refractivity contribution in [3.8, 4) is 11.9 Å². The number of hydrogen-bond donors (Lipinski definition) is 1. The van der Waals surface area contributed by atoms with Gasteiger partial charge in [0.15, 0.2) is 0 Å². The van der Waals surface area contributed by atoms with Gasteiger partial charge in [-0.2, -0.15) is 5.26 Å². The molecule has 1 aliphatic rings. The quantitative estimate of drug-likeness (QED) is 0.851. The molecule has 0 aromatic carbocycles. The second-order valence-corrected chi connectivity index (χ2v) is 4.05. The maximum Gasteiger partial charge on any atom is 0.234 e.